The molecule has 0 saturated heterocycles. The number of aliphatic hydroxyl groups is 1. The van der Waals surface area contributed by atoms with Crippen LogP contribution < -0.4 is 0 Å². The average molecular weight is 267 g/mol. The average Bonchev–Trinajstić information content (AvgIpc) is 2.22. The monoisotopic (exact) mass is 266 g/mol. The lowest BCUT2D eigenvalue weighted by Crippen LogP contribution is -1.97. The summed E-state index contributed by atoms with van der Waals surface area (Å²) in [7, 11) is 0. The van der Waals surface area contributed by atoms with Gasteiger partial charge in [0.25, 0.3) is 0 Å². The second kappa shape index (κ2) is 5.95. The number of aryl methyl sites for hydroxylation is 1. The Morgan fingerprint density at radius 1 is 1.53 bits per heavy atom. The molecule has 0 saturated carbocycles. The number of hydrogen-bond acceptors (Lipinski definition) is 1. The molecule has 0 spiro atoms. The Morgan fingerprint density at radius 3 is 2.87 bits per heavy atom. The van der Waals surface area contributed by atoms with Crippen molar-refractivity contribution >= 4 is 15.9 Å². The topological polar surface area (TPSA) is 20.2 Å². The van der Waals surface area contributed by atoms with Gasteiger partial charge in [-0.3, -0.25) is 0 Å². The Kier molecular flexibility index (Phi) is 4.87. The molecule has 1 aromatic carbocycles. The quantitative estimate of drug-likeness (QED) is 0.652. The third-order valence-electron chi connectivity index (χ3n) is 2.37. The maximum atomic E-state index is 9.88. The van der Waals surface area contributed by atoms with Crippen LogP contribution in [0.5, 0.6) is 0 Å². The highest BCUT2D eigenvalue weighted by molar-refractivity contribution is 9.10. The van der Waals surface area contributed by atoms with E-state index in [0.717, 1.165) is 34.9 Å². The number of benzene rings is 1. The van der Waals surface area contributed by atoms with E-state index in [1.165, 1.54) is 0 Å². The molecular formula is C13H15BrO. The lowest BCUT2D eigenvalue weighted by molar-refractivity contribution is 0.165. The molecule has 0 aliphatic rings. The highest BCUT2D eigenvalue weighted by Gasteiger charge is 2.07. The maximum Gasteiger partial charge on any atom is 0.0790 e. The van der Waals surface area contributed by atoms with Crippen LogP contribution >= 0.6 is 15.9 Å². The van der Waals surface area contributed by atoms with Gasteiger partial charge in [-0.25, -0.2) is 0 Å². The van der Waals surface area contributed by atoms with E-state index in [4.69, 9.17) is 6.42 Å². The molecule has 0 heterocycles. The van der Waals surface area contributed by atoms with Gasteiger partial charge in [0.1, 0.15) is 0 Å². The van der Waals surface area contributed by atoms with Crippen LogP contribution in [0.4, 0.5) is 0 Å². The summed E-state index contributed by atoms with van der Waals surface area (Å²) in [6.07, 6.45) is 7.09. The third-order valence-corrected chi connectivity index (χ3v) is 3.26. The smallest absolute Gasteiger partial charge is 0.0790 e. The van der Waals surface area contributed by atoms with Crippen molar-refractivity contribution in [3.05, 3.63) is 33.8 Å². The fraction of sp³-hybridized carbons (Fsp3) is 0.385. The zero-order valence-corrected chi connectivity index (χ0v) is 10.4. The molecule has 0 amide bonds. The molecule has 1 nitrogen and oxygen atoms in total. The maximum absolute atomic E-state index is 9.88. The van der Waals surface area contributed by atoms with Crippen LogP contribution in [-0.2, 0) is 0 Å². The molecule has 1 aromatic rings. The van der Waals surface area contributed by atoms with Gasteiger partial charge in [0.15, 0.2) is 0 Å². The summed E-state index contributed by atoms with van der Waals surface area (Å²) in [5, 5.41) is 9.88. The molecule has 2 heteroatoms. The van der Waals surface area contributed by atoms with Gasteiger partial charge in [0, 0.05) is 10.9 Å². The van der Waals surface area contributed by atoms with Crippen molar-refractivity contribution in [1.29, 1.82) is 0 Å². The summed E-state index contributed by atoms with van der Waals surface area (Å²) in [6, 6.07) is 5.91. The van der Waals surface area contributed by atoms with Crippen LogP contribution in [0, 0.1) is 19.3 Å². The minimum Gasteiger partial charge on any atom is -0.388 e. The molecule has 0 aliphatic carbocycles. The molecule has 0 fully saturated rings. The lowest BCUT2D eigenvalue weighted by Gasteiger charge is -2.11. The Hall–Kier alpha value is -0.780. The highest BCUT2D eigenvalue weighted by Crippen LogP contribution is 2.24. The summed E-state index contributed by atoms with van der Waals surface area (Å²) >= 11 is 3.43. The molecule has 1 N–H and O–H groups in total. The summed E-state index contributed by atoms with van der Waals surface area (Å²) in [4.78, 5) is 0. The number of unbranched alkanes of at least 4 members (excludes halogenated alkanes) is 1. The summed E-state index contributed by atoms with van der Waals surface area (Å²) < 4.78 is 1.07. The molecule has 1 atom stereocenters. The van der Waals surface area contributed by atoms with Crippen LogP contribution in [0.2, 0.25) is 0 Å². The van der Waals surface area contributed by atoms with Gasteiger partial charge in [-0.05, 0) is 37.0 Å². The lowest BCUT2D eigenvalue weighted by atomic mass is 10.0. The standard InChI is InChI=1S/C13H15BrO/c1-3-4-5-6-13(15)11-7-8-12(14)10(2)9-11/h1,7-9,13,15H,4-6H2,2H3. The first-order chi connectivity index (χ1) is 7.15. The SMILES string of the molecule is C#CCCCC(O)c1ccc(Br)c(C)c1. The van der Waals surface area contributed by atoms with Gasteiger partial charge in [-0.15, -0.1) is 12.3 Å². The fourth-order valence-corrected chi connectivity index (χ4v) is 1.69. The van der Waals surface area contributed by atoms with Crippen molar-refractivity contribution < 1.29 is 5.11 Å². The number of terminal acetylenes is 1. The second-order valence-corrected chi connectivity index (χ2v) is 4.48. The van der Waals surface area contributed by atoms with Gasteiger partial charge >= 0.3 is 0 Å². The summed E-state index contributed by atoms with van der Waals surface area (Å²) in [6.45, 7) is 2.02. The zero-order chi connectivity index (χ0) is 11.3. The van der Waals surface area contributed by atoms with Crippen molar-refractivity contribution in [3.8, 4) is 12.3 Å². The van der Waals surface area contributed by atoms with Gasteiger partial charge in [0.2, 0.25) is 0 Å². The predicted molar refractivity (Wildman–Crippen MR) is 66.5 cm³/mol. The molecule has 1 rings (SSSR count). The van der Waals surface area contributed by atoms with E-state index in [9.17, 15) is 5.11 Å². The molecule has 1 unspecified atom stereocenters. The number of rotatable bonds is 4. The van der Waals surface area contributed by atoms with E-state index >= 15 is 0 Å². The molecule has 0 radical (unpaired) electrons. The predicted octanol–water partition coefficient (Wildman–Crippen LogP) is 3.59. The first-order valence-corrected chi connectivity index (χ1v) is 5.82. The molecule has 0 aliphatic heterocycles. The fourth-order valence-electron chi connectivity index (χ4n) is 1.44. The van der Waals surface area contributed by atoms with Gasteiger partial charge in [-0.1, -0.05) is 28.1 Å². The number of halogens is 1. The van der Waals surface area contributed by atoms with Gasteiger partial charge < -0.3 is 5.11 Å². The van der Waals surface area contributed by atoms with E-state index in [1.54, 1.807) is 0 Å². The van der Waals surface area contributed by atoms with E-state index in [1.807, 2.05) is 25.1 Å². The second-order valence-electron chi connectivity index (χ2n) is 3.62. The van der Waals surface area contributed by atoms with Gasteiger partial charge in [-0.2, -0.15) is 0 Å². The molecule has 80 valence electrons. The Balaban J connectivity index is 2.62. The Bertz CT molecular complexity index is 365. The van der Waals surface area contributed by atoms with E-state index < -0.39 is 6.10 Å². The molecule has 15 heavy (non-hydrogen) atoms. The van der Waals surface area contributed by atoms with E-state index in [2.05, 4.69) is 21.9 Å². The first kappa shape index (κ1) is 12.3. The minimum absolute atomic E-state index is 0.398. The largest absolute Gasteiger partial charge is 0.388 e. The molecule has 0 aromatic heterocycles. The van der Waals surface area contributed by atoms with Crippen LogP contribution in [0.25, 0.3) is 0 Å². The molecular weight excluding hydrogens is 252 g/mol. The van der Waals surface area contributed by atoms with Crippen molar-refractivity contribution in [2.45, 2.75) is 32.3 Å². The summed E-state index contributed by atoms with van der Waals surface area (Å²) in [5.74, 6) is 2.58. The van der Waals surface area contributed by atoms with Crippen LogP contribution in [0.1, 0.15) is 36.5 Å². The number of aliphatic hydroxyl groups excluding tert-OH is 1. The van der Waals surface area contributed by atoms with Crippen LogP contribution in [0.3, 0.4) is 0 Å². The molecule has 0 bridgehead atoms. The number of hydrogen-bond donors (Lipinski definition) is 1. The van der Waals surface area contributed by atoms with Crippen molar-refractivity contribution in [2.24, 2.45) is 0 Å². The highest BCUT2D eigenvalue weighted by atomic mass is 79.9. The normalized spacial score (nSPS) is 12.1. The minimum atomic E-state index is -0.398. The Morgan fingerprint density at radius 2 is 2.27 bits per heavy atom. The van der Waals surface area contributed by atoms with Gasteiger partial charge in [0.05, 0.1) is 6.10 Å². The van der Waals surface area contributed by atoms with E-state index in [0.29, 0.717) is 0 Å². The van der Waals surface area contributed by atoms with Crippen molar-refractivity contribution in [3.63, 3.8) is 0 Å². The van der Waals surface area contributed by atoms with E-state index in [-0.39, 0.29) is 0 Å². The van der Waals surface area contributed by atoms with Crippen molar-refractivity contribution in [1.82, 2.24) is 0 Å². The zero-order valence-electron chi connectivity index (χ0n) is 8.83. The third kappa shape index (κ3) is 3.70. The van der Waals surface area contributed by atoms with Crippen molar-refractivity contribution in [2.75, 3.05) is 0 Å². The van der Waals surface area contributed by atoms with Crippen LogP contribution in [-0.4, -0.2) is 5.11 Å². The summed E-state index contributed by atoms with van der Waals surface area (Å²) in [5.41, 5.74) is 2.11. The van der Waals surface area contributed by atoms with Crippen LogP contribution in [0.15, 0.2) is 22.7 Å². The Labute approximate surface area is 99.6 Å². The first-order valence-electron chi connectivity index (χ1n) is 5.02.